The number of aromatic nitrogens is 3. The van der Waals surface area contributed by atoms with Gasteiger partial charge in [0.1, 0.15) is 0 Å². The fourth-order valence-electron chi connectivity index (χ4n) is 1.31. The molecule has 8 nitrogen and oxygen atoms in total. The molecule has 18 heavy (non-hydrogen) atoms. The van der Waals surface area contributed by atoms with Gasteiger partial charge >= 0.3 is 5.97 Å². The number of hydrogen-bond donors (Lipinski definition) is 1. The second-order valence-electron chi connectivity index (χ2n) is 3.47. The summed E-state index contributed by atoms with van der Waals surface area (Å²) in [5, 5.41) is 9.65. The van der Waals surface area contributed by atoms with E-state index in [2.05, 4.69) is 20.1 Å². The van der Waals surface area contributed by atoms with Crippen LogP contribution in [0, 0.1) is 0 Å². The molecule has 0 atom stereocenters. The van der Waals surface area contributed by atoms with Crippen molar-refractivity contribution in [3.05, 3.63) is 11.9 Å². The summed E-state index contributed by atoms with van der Waals surface area (Å²) >= 11 is 0. The standard InChI is InChI=1S/C10H16N4O4/c1-17-6-5-14(4-3-9(15)18-2)10(16)8-7-11-13-12-8/h7H,3-6H2,1-2H3,(H,11,12,13). The van der Waals surface area contributed by atoms with Gasteiger partial charge in [0.25, 0.3) is 5.91 Å². The fraction of sp³-hybridized carbons (Fsp3) is 0.600. The zero-order valence-corrected chi connectivity index (χ0v) is 10.4. The molecule has 1 N–H and O–H groups in total. The molecule has 0 fully saturated rings. The maximum Gasteiger partial charge on any atom is 0.307 e. The summed E-state index contributed by atoms with van der Waals surface area (Å²) in [6.45, 7) is 1.01. The maximum atomic E-state index is 12.0. The van der Waals surface area contributed by atoms with E-state index in [1.54, 1.807) is 7.11 Å². The van der Waals surface area contributed by atoms with Crippen molar-refractivity contribution in [3.8, 4) is 0 Å². The van der Waals surface area contributed by atoms with Gasteiger partial charge in [0, 0.05) is 20.2 Å². The Morgan fingerprint density at radius 3 is 2.72 bits per heavy atom. The molecule has 0 aliphatic heterocycles. The number of rotatable bonds is 7. The van der Waals surface area contributed by atoms with E-state index in [0.717, 1.165) is 0 Å². The molecule has 1 heterocycles. The van der Waals surface area contributed by atoms with E-state index in [0.29, 0.717) is 13.2 Å². The van der Waals surface area contributed by atoms with Gasteiger partial charge in [-0.1, -0.05) is 0 Å². The summed E-state index contributed by atoms with van der Waals surface area (Å²) in [7, 11) is 2.85. The summed E-state index contributed by atoms with van der Waals surface area (Å²) in [5.74, 6) is -0.671. The highest BCUT2D eigenvalue weighted by Gasteiger charge is 2.18. The van der Waals surface area contributed by atoms with E-state index in [4.69, 9.17) is 4.74 Å². The lowest BCUT2D eigenvalue weighted by atomic mass is 10.3. The van der Waals surface area contributed by atoms with Crippen LogP contribution in [0.25, 0.3) is 0 Å². The number of carbonyl (C=O) groups excluding carboxylic acids is 2. The summed E-state index contributed by atoms with van der Waals surface area (Å²) in [6, 6.07) is 0. The van der Waals surface area contributed by atoms with E-state index in [1.807, 2.05) is 0 Å². The normalized spacial score (nSPS) is 10.1. The van der Waals surface area contributed by atoms with E-state index in [9.17, 15) is 9.59 Å². The zero-order valence-electron chi connectivity index (χ0n) is 10.4. The van der Waals surface area contributed by atoms with Crippen LogP contribution < -0.4 is 0 Å². The van der Waals surface area contributed by atoms with Crippen LogP contribution in [0.3, 0.4) is 0 Å². The van der Waals surface area contributed by atoms with Gasteiger partial charge in [-0.2, -0.15) is 15.4 Å². The van der Waals surface area contributed by atoms with Crippen LogP contribution in [-0.4, -0.2) is 66.1 Å². The van der Waals surface area contributed by atoms with Crippen molar-refractivity contribution in [3.63, 3.8) is 0 Å². The number of hydrogen-bond acceptors (Lipinski definition) is 6. The topological polar surface area (TPSA) is 97.4 Å². The number of H-pyrrole nitrogens is 1. The lowest BCUT2D eigenvalue weighted by Crippen LogP contribution is -2.36. The molecule has 0 radical (unpaired) electrons. The summed E-state index contributed by atoms with van der Waals surface area (Å²) in [5.41, 5.74) is 0.205. The molecule has 8 heteroatoms. The molecular formula is C10H16N4O4. The Morgan fingerprint density at radius 1 is 1.39 bits per heavy atom. The molecular weight excluding hydrogens is 240 g/mol. The minimum atomic E-state index is -0.370. The Bertz CT molecular complexity index is 379. The van der Waals surface area contributed by atoms with Gasteiger partial charge in [-0.15, -0.1) is 0 Å². The minimum absolute atomic E-state index is 0.129. The van der Waals surface area contributed by atoms with Crippen molar-refractivity contribution in [2.75, 3.05) is 33.9 Å². The van der Waals surface area contributed by atoms with Crippen LogP contribution in [-0.2, 0) is 14.3 Å². The van der Waals surface area contributed by atoms with E-state index in [1.165, 1.54) is 18.2 Å². The molecule has 1 aromatic heterocycles. The van der Waals surface area contributed by atoms with E-state index >= 15 is 0 Å². The molecule has 0 unspecified atom stereocenters. The first-order valence-corrected chi connectivity index (χ1v) is 5.39. The van der Waals surface area contributed by atoms with Crippen LogP contribution in [0.4, 0.5) is 0 Å². The third kappa shape index (κ3) is 4.13. The van der Waals surface area contributed by atoms with Gasteiger partial charge in [-0.25, -0.2) is 0 Å². The number of nitrogens with one attached hydrogen (secondary N) is 1. The van der Waals surface area contributed by atoms with Crippen molar-refractivity contribution >= 4 is 11.9 Å². The van der Waals surface area contributed by atoms with Crippen molar-refractivity contribution < 1.29 is 19.1 Å². The van der Waals surface area contributed by atoms with Gasteiger partial charge in [0.2, 0.25) is 0 Å². The van der Waals surface area contributed by atoms with Crippen LogP contribution >= 0.6 is 0 Å². The number of methoxy groups -OCH3 is 2. The first kappa shape index (κ1) is 14.1. The van der Waals surface area contributed by atoms with Crippen molar-refractivity contribution in [1.29, 1.82) is 0 Å². The predicted molar refractivity (Wildman–Crippen MR) is 60.8 cm³/mol. The molecule has 0 saturated heterocycles. The third-order valence-corrected chi connectivity index (χ3v) is 2.30. The molecule has 0 spiro atoms. The maximum absolute atomic E-state index is 12.0. The highest BCUT2D eigenvalue weighted by molar-refractivity contribution is 5.92. The third-order valence-electron chi connectivity index (χ3n) is 2.30. The average molecular weight is 256 g/mol. The number of aromatic amines is 1. The van der Waals surface area contributed by atoms with Gasteiger partial charge < -0.3 is 14.4 Å². The highest BCUT2D eigenvalue weighted by Crippen LogP contribution is 2.01. The summed E-state index contributed by atoms with van der Waals surface area (Å²) in [6.07, 6.45) is 1.46. The molecule has 0 saturated carbocycles. The van der Waals surface area contributed by atoms with Crippen molar-refractivity contribution in [2.45, 2.75) is 6.42 Å². The molecule has 1 amide bonds. The average Bonchev–Trinajstić information content (AvgIpc) is 2.91. The Hall–Kier alpha value is -1.96. The lowest BCUT2D eigenvalue weighted by molar-refractivity contribution is -0.140. The van der Waals surface area contributed by atoms with Crippen LogP contribution in [0.5, 0.6) is 0 Å². The molecule has 0 aliphatic rings. The number of carbonyl (C=O) groups is 2. The fourth-order valence-corrected chi connectivity index (χ4v) is 1.31. The molecule has 0 bridgehead atoms. The SMILES string of the molecule is COCCN(CCC(=O)OC)C(=O)c1cn[nH]n1. The number of amides is 1. The van der Waals surface area contributed by atoms with E-state index < -0.39 is 0 Å². The van der Waals surface area contributed by atoms with Crippen molar-refractivity contribution in [2.24, 2.45) is 0 Å². The van der Waals surface area contributed by atoms with Crippen molar-refractivity contribution in [1.82, 2.24) is 20.3 Å². The largest absolute Gasteiger partial charge is 0.469 e. The number of ether oxygens (including phenoxy) is 2. The summed E-state index contributed by atoms with van der Waals surface area (Å²) < 4.78 is 9.45. The number of esters is 1. The zero-order chi connectivity index (χ0) is 13.4. The second-order valence-corrected chi connectivity index (χ2v) is 3.47. The van der Waals surface area contributed by atoms with Crippen LogP contribution in [0.15, 0.2) is 6.20 Å². The van der Waals surface area contributed by atoms with Gasteiger partial charge in [-0.05, 0) is 0 Å². The smallest absolute Gasteiger partial charge is 0.307 e. The quantitative estimate of drug-likeness (QED) is 0.658. The van der Waals surface area contributed by atoms with Gasteiger partial charge in [-0.3, -0.25) is 9.59 Å². The highest BCUT2D eigenvalue weighted by atomic mass is 16.5. The Balaban J connectivity index is 2.59. The van der Waals surface area contributed by atoms with Gasteiger partial charge in [0.05, 0.1) is 26.3 Å². The molecule has 1 rings (SSSR count). The first-order valence-electron chi connectivity index (χ1n) is 5.39. The van der Waals surface area contributed by atoms with Crippen LogP contribution in [0.1, 0.15) is 16.9 Å². The Labute approximate surface area is 104 Å². The molecule has 100 valence electrons. The lowest BCUT2D eigenvalue weighted by Gasteiger charge is -2.20. The first-order chi connectivity index (χ1) is 8.69. The Kier molecular flexibility index (Phi) is 5.78. The summed E-state index contributed by atoms with van der Waals surface area (Å²) in [4.78, 5) is 24.6. The Morgan fingerprint density at radius 2 is 2.17 bits per heavy atom. The van der Waals surface area contributed by atoms with Gasteiger partial charge in [0.15, 0.2) is 5.69 Å². The predicted octanol–water partition coefficient (Wildman–Crippen LogP) is -0.544. The van der Waals surface area contributed by atoms with E-state index in [-0.39, 0.29) is 30.5 Å². The molecule has 0 aromatic carbocycles. The second kappa shape index (κ2) is 7.38. The number of nitrogens with zero attached hydrogens (tertiary/aromatic N) is 3. The minimum Gasteiger partial charge on any atom is -0.469 e. The molecule has 0 aliphatic carbocycles. The van der Waals surface area contributed by atoms with Crippen LogP contribution in [0.2, 0.25) is 0 Å². The monoisotopic (exact) mass is 256 g/mol. The molecule has 1 aromatic rings.